The summed E-state index contributed by atoms with van der Waals surface area (Å²) in [5.74, 6) is 1.59. The van der Waals surface area contributed by atoms with Crippen LogP contribution in [0, 0.1) is 11.8 Å². The van der Waals surface area contributed by atoms with Gasteiger partial charge in [0, 0.05) is 19.1 Å². The highest BCUT2D eigenvalue weighted by Gasteiger charge is 2.26. The molecule has 1 saturated carbocycles. The zero-order valence-corrected chi connectivity index (χ0v) is 12.1. The average molecular weight is 240 g/mol. The maximum atomic E-state index is 6.07. The third-order valence-corrected chi connectivity index (χ3v) is 4.16. The summed E-state index contributed by atoms with van der Waals surface area (Å²) in [4.78, 5) is 2.63. The summed E-state index contributed by atoms with van der Waals surface area (Å²) < 4.78 is 0. The predicted octanol–water partition coefficient (Wildman–Crippen LogP) is 3.26. The smallest absolute Gasteiger partial charge is 0.0246 e. The first kappa shape index (κ1) is 15.0. The second-order valence-corrected chi connectivity index (χ2v) is 6.04. The lowest BCUT2D eigenvalue weighted by atomic mass is 9.90. The standard InChI is InChI=1S/C15H32N2/c1-4-17(12-13(2)3)15(11-16)14-9-7-5-6-8-10-14/h13-15H,4-12,16H2,1-3H3. The van der Waals surface area contributed by atoms with Gasteiger partial charge in [-0.25, -0.2) is 0 Å². The van der Waals surface area contributed by atoms with Crippen molar-refractivity contribution in [2.24, 2.45) is 17.6 Å². The van der Waals surface area contributed by atoms with Crippen molar-refractivity contribution in [1.82, 2.24) is 4.90 Å². The molecule has 1 fully saturated rings. The van der Waals surface area contributed by atoms with E-state index in [1.807, 2.05) is 0 Å². The number of rotatable bonds is 6. The third-order valence-electron chi connectivity index (χ3n) is 4.16. The molecule has 0 aromatic carbocycles. The zero-order valence-electron chi connectivity index (χ0n) is 12.1. The lowest BCUT2D eigenvalue weighted by Gasteiger charge is -2.36. The summed E-state index contributed by atoms with van der Waals surface area (Å²) in [7, 11) is 0. The van der Waals surface area contributed by atoms with Crippen LogP contribution in [0.25, 0.3) is 0 Å². The maximum absolute atomic E-state index is 6.07. The van der Waals surface area contributed by atoms with Crippen molar-refractivity contribution in [3.63, 3.8) is 0 Å². The minimum atomic E-state index is 0.625. The molecule has 1 aliphatic rings. The Morgan fingerprint density at radius 3 is 2.12 bits per heavy atom. The Labute approximate surface area is 108 Å². The van der Waals surface area contributed by atoms with E-state index >= 15 is 0 Å². The van der Waals surface area contributed by atoms with Crippen LogP contribution in [0.1, 0.15) is 59.3 Å². The van der Waals surface area contributed by atoms with Crippen molar-refractivity contribution >= 4 is 0 Å². The van der Waals surface area contributed by atoms with Crippen molar-refractivity contribution in [2.45, 2.75) is 65.3 Å². The highest BCUT2D eigenvalue weighted by molar-refractivity contribution is 4.82. The summed E-state index contributed by atoms with van der Waals surface area (Å²) in [6.45, 7) is 10.1. The van der Waals surface area contributed by atoms with Crippen LogP contribution in [0.4, 0.5) is 0 Å². The van der Waals surface area contributed by atoms with Crippen molar-refractivity contribution in [3.05, 3.63) is 0 Å². The molecule has 0 saturated heterocycles. The molecule has 0 aromatic heterocycles. The van der Waals surface area contributed by atoms with Crippen LogP contribution in [-0.4, -0.2) is 30.6 Å². The van der Waals surface area contributed by atoms with E-state index in [2.05, 4.69) is 25.7 Å². The first-order valence-electron chi connectivity index (χ1n) is 7.63. The van der Waals surface area contributed by atoms with Gasteiger partial charge in [0.15, 0.2) is 0 Å². The van der Waals surface area contributed by atoms with Gasteiger partial charge in [0.05, 0.1) is 0 Å². The van der Waals surface area contributed by atoms with Crippen LogP contribution in [0.5, 0.6) is 0 Å². The van der Waals surface area contributed by atoms with Crippen LogP contribution >= 0.6 is 0 Å². The van der Waals surface area contributed by atoms with E-state index < -0.39 is 0 Å². The highest BCUT2D eigenvalue weighted by atomic mass is 15.2. The summed E-state index contributed by atoms with van der Waals surface area (Å²) in [6.07, 6.45) is 8.50. The topological polar surface area (TPSA) is 29.3 Å². The number of nitrogens with zero attached hydrogens (tertiary/aromatic N) is 1. The molecule has 2 heteroatoms. The molecule has 0 radical (unpaired) electrons. The van der Waals surface area contributed by atoms with Crippen LogP contribution in [0.15, 0.2) is 0 Å². The first-order valence-corrected chi connectivity index (χ1v) is 7.63. The van der Waals surface area contributed by atoms with E-state index in [-0.39, 0.29) is 0 Å². The number of nitrogens with two attached hydrogens (primary N) is 1. The van der Waals surface area contributed by atoms with E-state index in [0.717, 1.165) is 24.9 Å². The largest absolute Gasteiger partial charge is 0.329 e. The molecule has 0 bridgehead atoms. The summed E-state index contributed by atoms with van der Waals surface area (Å²) in [5, 5.41) is 0. The lowest BCUT2D eigenvalue weighted by Crippen LogP contribution is -2.47. The summed E-state index contributed by atoms with van der Waals surface area (Å²) in [5.41, 5.74) is 6.07. The molecule has 0 spiro atoms. The van der Waals surface area contributed by atoms with Gasteiger partial charge < -0.3 is 5.73 Å². The third kappa shape index (κ3) is 4.97. The molecule has 0 aliphatic heterocycles. The molecule has 2 N–H and O–H groups in total. The normalized spacial score (nSPS) is 20.8. The minimum Gasteiger partial charge on any atom is -0.329 e. The Morgan fingerprint density at radius 2 is 1.71 bits per heavy atom. The number of hydrogen-bond donors (Lipinski definition) is 1. The van der Waals surface area contributed by atoms with E-state index in [1.165, 1.54) is 45.1 Å². The van der Waals surface area contributed by atoms with E-state index in [0.29, 0.717) is 6.04 Å². The number of likely N-dealkylation sites (N-methyl/N-ethyl adjacent to an activating group) is 1. The van der Waals surface area contributed by atoms with Crippen LogP contribution in [-0.2, 0) is 0 Å². The van der Waals surface area contributed by atoms with Gasteiger partial charge >= 0.3 is 0 Å². The Morgan fingerprint density at radius 1 is 1.12 bits per heavy atom. The second kappa shape index (κ2) is 8.10. The molecule has 0 aromatic rings. The fourth-order valence-electron chi connectivity index (χ4n) is 3.30. The second-order valence-electron chi connectivity index (χ2n) is 6.04. The molecule has 17 heavy (non-hydrogen) atoms. The van der Waals surface area contributed by atoms with Gasteiger partial charge in [0.1, 0.15) is 0 Å². The van der Waals surface area contributed by atoms with E-state index in [9.17, 15) is 0 Å². The van der Waals surface area contributed by atoms with E-state index in [1.54, 1.807) is 0 Å². The quantitative estimate of drug-likeness (QED) is 0.722. The molecule has 1 atom stereocenters. The Balaban J connectivity index is 2.58. The molecule has 1 aliphatic carbocycles. The van der Waals surface area contributed by atoms with Gasteiger partial charge in [-0.15, -0.1) is 0 Å². The van der Waals surface area contributed by atoms with Crippen molar-refractivity contribution < 1.29 is 0 Å². The maximum Gasteiger partial charge on any atom is 0.0246 e. The molecule has 0 amide bonds. The van der Waals surface area contributed by atoms with Crippen molar-refractivity contribution in [1.29, 1.82) is 0 Å². The Hall–Kier alpha value is -0.0800. The van der Waals surface area contributed by atoms with Crippen molar-refractivity contribution in [3.8, 4) is 0 Å². The van der Waals surface area contributed by atoms with Crippen LogP contribution in [0.2, 0.25) is 0 Å². The molecule has 102 valence electrons. The van der Waals surface area contributed by atoms with Gasteiger partial charge in [-0.3, -0.25) is 4.90 Å². The van der Waals surface area contributed by atoms with Gasteiger partial charge in [0.2, 0.25) is 0 Å². The SMILES string of the molecule is CCN(CC(C)C)C(CN)C1CCCCCC1. The fourth-order valence-corrected chi connectivity index (χ4v) is 3.30. The van der Waals surface area contributed by atoms with Gasteiger partial charge in [-0.1, -0.05) is 46.5 Å². The molecule has 1 unspecified atom stereocenters. The first-order chi connectivity index (χ1) is 8.19. The Bertz CT molecular complexity index is 181. The molecular weight excluding hydrogens is 208 g/mol. The molecule has 2 nitrogen and oxygen atoms in total. The predicted molar refractivity (Wildman–Crippen MR) is 76.1 cm³/mol. The summed E-state index contributed by atoms with van der Waals surface area (Å²) in [6, 6.07) is 0.625. The van der Waals surface area contributed by atoms with Crippen LogP contribution < -0.4 is 5.73 Å². The minimum absolute atomic E-state index is 0.625. The lowest BCUT2D eigenvalue weighted by molar-refractivity contribution is 0.128. The van der Waals surface area contributed by atoms with E-state index in [4.69, 9.17) is 5.73 Å². The van der Waals surface area contributed by atoms with Gasteiger partial charge in [-0.2, -0.15) is 0 Å². The molecular formula is C15H32N2. The zero-order chi connectivity index (χ0) is 12.7. The van der Waals surface area contributed by atoms with Gasteiger partial charge in [-0.05, 0) is 31.2 Å². The van der Waals surface area contributed by atoms with Crippen molar-refractivity contribution in [2.75, 3.05) is 19.6 Å². The monoisotopic (exact) mass is 240 g/mol. The van der Waals surface area contributed by atoms with Gasteiger partial charge in [0.25, 0.3) is 0 Å². The fraction of sp³-hybridized carbons (Fsp3) is 1.00. The Kier molecular flexibility index (Phi) is 7.14. The van der Waals surface area contributed by atoms with Crippen LogP contribution in [0.3, 0.4) is 0 Å². The average Bonchev–Trinajstić information content (AvgIpc) is 2.57. The highest BCUT2D eigenvalue weighted by Crippen LogP contribution is 2.28. The molecule has 0 heterocycles. The molecule has 1 rings (SSSR count). The summed E-state index contributed by atoms with van der Waals surface area (Å²) >= 11 is 0. The number of hydrogen-bond acceptors (Lipinski definition) is 2.